The van der Waals surface area contributed by atoms with Gasteiger partial charge in [0.05, 0.1) is 18.2 Å². The summed E-state index contributed by atoms with van der Waals surface area (Å²) < 4.78 is 38.8. The average Bonchev–Trinajstić information content (AvgIpc) is 2.75. The number of alkyl halides is 3. The Bertz CT molecular complexity index is 1010. The molecule has 0 saturated carbocycles. The number of benzene rings is 3. The number of fused-ring (bicyclic) bond motifs is 1. The third-order valence-corrected chi connectivity index (χ3v) is 5.35. The topological polar surface area (TPSA) is 46.3 Å². The summed E-state index contributed by atoms with van der Waals surface area (Å²) in [6, 6.07) is 19.1. The molecule has 0 bridgehead atoms. The van der Waals surface area contributed by atoms with Crippen LogP contribution in [-0.2, 0) is 17.4 Å². The standard InChI is InChI=1S/C24H25F3N2O/c1-17(21-13-5-10-19-9-2-3-12-22(19)21)29(23(30)16-28)14-6-8-18-7-4-11-20(15-18)24(25,26)27/h2-5,7,9-13,15,17H,6,8,14,16,28H2,1H3/t17-/m1/s1. The monoisotopic (exact) mass is 414 g/mol. The van der Waals surface area contributed by atoms with Crippen molar-refractivity contribution < 1.29 is 18.0 Å². The van der Waals surface area contributed by atoms with Gasteiger partial charge >= 0.3 is 6.18 Å². The van der Waals surface area contributed by atoms with Crippen molar-refractivity contribution in [1.29, 1.82) is 0 Å². The van der Waals surface area contributed by atoms with E-state index in [0.29, 0.717) is 24.9 Å². The molecule has 1 atom stereocenters. The highest BCUT2D eigenvalue weighted by atomic mass is 19.4. The molecule has 3 aromatic rings. The van der Waals surface area contributed by atoms with Gasteiger partial charge in [0, 0.05) is 6.54 Å². The lowest BCUT2D eigenvalue weighted by molar-refractivity contribution is -0.137. The van der Waals surface area contributed by atoms with Crippen LogP contribution in [0.5, 0.6) is 0 Å². The Balaban J connectivity index is 1.76. The Labute approximate surface area is 174 Å². The van der Waals surface area contributed by atoms with Crippen molar-refractivity contribution >= 4 is 16.7 Å². The van der Waals surface area contributed by atoms with E-state index < -0.39 is 11.7 Å². The normalized spacial score (nSPS) is 12.7. The van der Waals surface area contributed by atoms with Gasteiger partial charge in [-0.2, -0.15) is 13.2 Å². The predicted molar refractivity (Wildman–Crippen MR) is 113 cm³/mol. The van der Waals surface area contributed by atoms with E-state index in [1.807, 2.05) is 49.4 Å². The number of nitrogens with two attached hydrogens (primary N) is 1. The summed E-state index contributed by atoms with van der Waals surface area (Å²) in [5.41, 5.74) is 6.60. The molecule has 2 N–H and O–H groups in total. The number of hydrogen-bond acceptors (Lipinski definition) is 2. The lowest BCUT2D eigenvalue weighted by atomic mass is 9.98. The first-order valence-corrected chi connectivity index (χ1v) is 9.94. The second-order valence-electron chi connectivity index (χ2n) is 7.34. The largest absolute Gasteiger partial charge is 0.416 e. The molecule has 6 heteroatoms. The van der Waals surface area contributed by atoms with Crippen molar-refractivity contribution in [3.8, 4) is 0 Å². The van der Waals surface area contributed by atoms with Gasteiger partial charge in [-0.15, -0.1) is 0 Å². The molecule has 0 fully saturated rings. The fraction of sp³-hybridized carbons (Fsp3) is 0.292. The molecule has 3 rings (SSSR count). The van der Waals surface area contributed by atoms with Gasteiger partial charge in [-0.3, -0.25) is 4.79 Å². The Kier molecular flexibility index (Phi) is 6.77. The molecule has 1 amide bonds. The molecule has 0 aliphatic carbocycles. The molecular weight excluding hydrogens is 389 g/mol. The predicted octanol–water partition coefficient (Wildman–Crippen LogP) is 5.34. The highest BCUT2D eigenvalue weighted by molar-refractivity contribution is 5.87. The quantitative estimate of drug-likeness (QED) is 0.567. The molecule has 158 valence electrons. The summed E-state index contributed by atoms with van der Waals surface area (Å²) in [5.74, 6) is -0.181. The van der Waals surface area contributed by atoms with Crippen molar-refractivity contribution in [1.82, 2.24) is 4.90 Å². The molecule has 0 heterocycles. The Morgan fingerprint density at radius 1 is 1.03 bits per heavy atom. The summed E-state index contributed by atoms with van der Waals surface area (Å²) in [5, 5.41) is 2.16. The number of aryl methyl sites for hydroxylation is 1. The zero-order valence-electron chi connectivity index (χ0n) is 16.8. The van der Waals surface area contributed by atoms with Crippen molar-refractivity contribution in [2.45, 2.75) is 32.0 Å². The van der Waals surface area contributed by atoms with Crippen LogP contribution in [0.1, 0.15) is 36.1 Å². The summed E-state index contributed by atoms with van der Waals surface area (Å²) in [6.45, 7) is 2.26. The lowest BCUT2D eigenvalue weighted by Gasteiger charge is -2.30. The number of halogens is 3. The molecule has 0 radical (unpaired) electrons. The van der Waals surface area contributed by atoms with Gasteiger partial charge in [-0.05, 0) is 47.7 Å². The highest BCUT2D eigenvalue weighted by Gasteiger charge is 2.30. The Morgan fingerprint density at radius 3 is 2.47 bits per heavy atom. The maximum Gasteiger partial charge on any atom is 0.416 e. The SMILES string of the molecule is C[C@H](c1cccc2ccccc12)N(CCCc1cccc(C(F)(F)F)c1)C(=O)CN. The zero-order chi connectivity index (χ0) is 21.7. The number of rotatable bonds is 7. The molecule has 0 aliphatic heterocycles. The van der Waals surface area contributed by atoms with Crippen molar-refractivity contribution in [2.24, 2.45) is 5.73 Å². The van der Waals surface area contributed by atoms with E-state index in [1.165, 1.54) is 12.1 Å². The van der Waals surface area contributed by atoms with E-state index in [2.05, 4.69) is 0 Å². The molecule has 30 heavy (non-hydrogen) atoms. The van der Waals surface area contributed by atoms with Crippen LogP contribution in [0.4, 0.5) is 13.2 Å². The maximum atomic E-state index is 12.9. The summed E-state index contributed by atoms with van der Waals surface area (Å²) in [4.78, 5) is 14.3. The number of carbonyl (C=O) groups is 1. The summed E-state index contributed by atoms with van der Waals surface area (Å²) in [6.07, 6.45) is -3.37. The van der Waals surface area contributed by atoms with Crippen LogP contribution in [0.15, 0.2) is 66.7 Å². The maximum absolute atomic E-state index is 12.9. The fourth-order valence-corrected chi connectivity index (χ4v) is 3.79. The third-order valence-electron chi connectivity index (χ3n) is 5.35. The van der Waals surface area contributed by atoms with Crippen LogP contribution in [0.25, 0.3) is 10.8 Å². The minimum atomic E-state index is -4.36. The van der Waals surface area contributed by atoms with E-state index in [4.69, 9.17) is 5.73 Å². The van der Waals surface area contributed by atoms with Gasteiger partial charge in [0.2, 0.25) is 5.91 Å². The summed E-state index contributed by atoms with van der Waals surface area (Å²) in [7, 11) is 0. The Morgan fingerprint density at radius 2 is 1.73 bits per heavy atom. The number of amides is 1. The van der Waals surface area contributed by atoms with E-state index in [9.17, 15) is 18.0 Å². The van der Waals surface area contributed by atoms with Gasteiger partial charge in [-0.25, -0.2) is 0 Å². The van der Waals surface area contributed by atoms with E-state index in [-0.39, 0.29) is 18.5 Å². The van der Waals surface area contributed by atoms with Gasteiger partial charge < -0.3 is 10.6 Å². The molecule has 0 aliphatic rings. The fourth-order valence-electron chi connectivity index (χ4n) is 3.79. The molecule has 0 spiro atoms. The van der Waals surface area contributed by atoms with Crippen LogP contribution in [0.3, 0.4) is 0 Å². The van der Waals surface area contributed by atoms with Gasteiger partial charge in [-0.1, -0.05) is 60.7 Å². The molecule has 0 saturated heterocycles. The first-order chi connectivity index (χ1) is 14.3. The first-order valence-electron chi connectivity index (χ1n) is 9.94. The van der Waals surface area contributed by atoms with Crippen molar-refractivity contribution in [3.05, 3.63) is 83.4 Å². The second kappa shape index (κ2) is 9.30. The summed E-state index contributed by atoms with van der Waals surface area (Å²) >= 11 is 0. The zero-order valence-corrected chi connectivity index (χ0v) is 16.8. The van der Waals surface area contributed by atoms with Crippen LogP contribution >= 0.6 is 0 Å². The lowest BCUT2D eigenvalue weighted by Crippen LogP contribution is -2.38. The number of nitrogens with zero attached hydrogens (tertiary/aromatic N) is 1. The molecule has 3 nitrogen and oxygen atoms in total. The molecule has 0 unspecified atom stereocenters. The molecule has 0 aromatic heterocycles. The minimum absolute atomic E-state index is 0.112. The van der Waals surface area contributed by atoms with Crippen molar-refractivity contribution in [3.63, 3.8) is 0 Å². The van der Waals surface area contributed by atoms with Gasteiger partial charge in [0.1, 0.15) is 0 Å². The Hall–Kier alpha value is -2.86. The first kappa shape index (κ1) is 21.8. The smallest absolute Gasteiger partial charge is 0.335 e. The van der Waals surface area contributed by atoms with Crippen LogP contribution in [0, 0.1) is 0 Å². The van der Waals surface area contributed by atoms with E-state index >= 15 is 0 Å². The molecular formula is C24H25F3N2O. The van der Waals surface area contributed by atoms with Crippen molar-refractivity contribution in [2.75, 3.05) is 13.1 Å². The van der Waals surface area contributed by atoms with E-state index in [0.717, 1.165) is 22.4 Å². The van der Waals surface area contributed by atoms with E-state index in [1.54, 1.807) is 11.0 Å². The van der Waals surface area contributed by atoms with Gasteiger partial charge in [0.25, 0.3) is 0 Å². The molecule has 3 aromatic carbocycles. The van der Waals surface area contributed by atoms with Crippen LogP contribution < -0.4 is 5.73 Å². The highest BCUT2D eigenvalue weighted by Crippen LogP contribution is 2.30. The third kappa shape index (κ3) is 5.00. The minimum Gasteiger partial charge on any atom is -0.335 e. The van der Waals surface area contributed by atoms with Gasteiger partial charge in [0.15, 0.2) is 0 Å². The number of hydrogen-bond donors (Lipinski definition) is 1. The van der Waals surface area contributed by atoms with Crippen LogP contribution in [-0.4, -0.2) is 23.9 Å². The second-order valence-corrected chi connectivity index (χ2v) is 7.34. The number of carbonyl (C=O) groups excluding carboxylic acids is 1. The average molecular weight is 414 g/mol. The van der Waals surface area contributed by atoms with Crippen LogP contribution in [0.2, 0.25) is 0 Å².